The van der Waals surface area contributed by atoms with Crippen molar-refractivity contribution in [2.45, 2.75) is 12.3 Å². The zero-order chi connectivity index (χ0) is 19.1. The van der Waals surface area contributed by atoms with E-state index < -0.39 is 0 Å². The number of hydrogen-bond acceptors (Lipinski definition) is 5. The molecule has 7 heteroatoms. The molecule has 1 unspecified atom stereocenters. The molecule has 1 atom stereocenters. The molecule has 142 valence electrons. The first-order valence-electron chi connectivity index (χ1n) is 9.13. The summed E-state index contributed by atoms with van der Waals surface area (Å²) in [6, 6.07) is 13.5. The zero-order valence-electron chi connectivity index (χ0n) is 15.3. The molecule has 3 heterocycles. The van der Waals surface area contributed by atoms with Crippen LogP contribution in [0.4, 0.5) is 0 Å². The summed E-state index contributed by atoms with van der Waals surface area (Å²) in [6.45, 7) is 0.749. The van der Waals surface area contributed by atoms with Crippen molar-refractivity contribution < 1.29 is 19.0 Å². The van der Waals surface area contributed by atoms with Crippen LogP contribution in [0.3, 0.4) is 0 Å². The maximum atomic E-state index is 12.6. The zero-order valence-corrected chi connectivity index (χ0v) is 15.3. The summed E-state index contributed by atoms with van der Waals surface area (Å²) >= 11 is 0. The number of amides is 1. The van der Waals surface area contributed by atoms with Crippen LogP contribution in [0.5, 0.6) is 17.2 Å². The van der Waals surface area contributed by atoms with E-state index in [1.165, 1.54) is 0 Å². The lowest BCUT2D eigenvalue weighted by atomic mass is 9.93. The third kappa shape index (κ3) is 2.76. The Labute approximate surface area is 161 Å². The van der Waals surface area contributed by atoms with Gasteiger partial charge in [-0.2, -0.15) is 0 Å². The number of H-pyrrole nitrogens is 1. The minimum Gasteiger partial charge on any atom is -0.496 e. The quantitative estimate of drug-likeness (QED) is 0.733. The van der Waals surface area contributed by atoms with Crippen molar-refractivity contribution in [2.24, 2.45) is 0 Å². The molecular weight excluding hydrogens is 358 g/mol. The number of benzene rings is 2. The Morgan fingerprint density at radius 3 is 2.89 bits per heavy atom. The van der Waals surface area contributed by atoms with Crippen LogP contribution in [0.1, 0.15) is 27.7 Å². The van der Waals surface area contributed by atoms with Crippen LogP contribution in [-0.4, -0.2) is 36.3 Å². The topological polar surface area (TPSA) is 85.5 Å². The molecule has 2 aliphatic heterocycles. The van der Waals surface area contributed by atoms with Crippen LogP contribution in [0.2, 0.25) is 0 Å². The number of imidazole rings is 1. The number of aromatic amines is 1. The van der Waals surface area contributed by atoms with E-state index in [1.807, 2.05) is 42.5 Å². The van der Waals surface area contributed by atoms with E-state index >= 15 is 0 Å². The Morgan fingerprint density at radius 1 is 1.14 bits per heavy atom. The van der Waals surface area contributed by atoms with E-state index in [4.69, 9.17) is 14.2 Å². The first-order chi connectivity index (χ1) is 13.7. The van der Waals surface area contributed by atoms with Crippen molar-refractivity contribution in [3.05, 3.63) is 59.4 Å². The van der Waals surface area contributed by atoms with Gasteiger partial charge in [0.25, 0.3) is 5.91 Å². The standard InChI is InChI=1S/C21H19N3O4/c1-26-16-5-3-2-4-14(16)13-8-15-19(21(25)22-10-13)24-20(23-15)12-6-7-17-18(9-12)28-11-27-17/h2-7,9,13H,8,10-11H2,1H3,(H,22,25)(H,23,24). The van der Waals surface area contributed by atoms with Crippen LogP contribution in [0.15, 0.2) is 42.5 Å². The van der Waals surface area contributed by atoms with Gasteiger partial charge in [0.1, 0.15) is 17.3 Å². The number of ether oxygens (including phenoxy) is 3. The van der Waals surface area contributed by atoms with Gasteiger partial charge in [0, 0.05) is 23.7 Å². The highest BCUT2D eigenvalue weighted by atomic mass is 16.7. The summed E-state index contributed by atoms with van der Waals surface area (Å²) in [7, 11) is 1.66. The molecule has 0 saturated carbocycles. The van der Waals surface area contributed by atoms with E-state index in [0.717, 1.165) is 22.6 Å². The van der Waals surface area contributed by atoms with Gasteiger partial charge in [-0.15, -0.1) is 0 Å². The van der Waals surface area contributed by atoms with Gasteiger partial charge < -0.3 is 24.5 Å². The Morgan fingerprint density at radius 2 is 2.00 bits per heavy atom. The molecule has 0 bridgehead atoms. The van der Waals surface area contributed by atoms with Gasteiger partial charge in [-0.1, -0.05) is 18.2 Å². The second-order valence-electron chi connectivity index (χ2n) is 6.83. The van der Waals surface area contributed by atoms with Crippen molar-refractivity contribution in [3.63, 3.8) is 0 Å². The molecule has 0 saturated heterocycles. The number of carbonyl (C=O) groups is 1. The number of methoxy groups -OCH3 is 1. The van der Waals surface area contributed by atoms with Gasteiger partial charge in [0.05, 0.1) is 7.11 Å². The van der Waals surface area contributed by atoms with E-state index in [2.05, 4.69) is 15.3 Å². The Kier molecular flexibility index (Phi) is 3.93. The minimum absolute atomic E-state index is 0.0893. The maximum Gasteiger partial charge on any atom is 0.271 e. The number of nitrogens with zero attached hydrogens (tertiary/aromatic N) is 1. The monoisotopic (exact) mass is 377 g/mol. The number of nitrogens with one attached hydrogen (secondary N) is 2. The predicted molar refractivity (Wildman–Crippen MR) is 102 cm³/mol. The summed E-state index contributed by atoms with van der Waals surface area (Å²) in [5.74, 6) is 2.77. The summed E-state index contributed by atoms with van der Waals surface area (Å²) in [5, 5.41) is 2.99. The average molecular weight is 377 g/mol. The van der Waals surface area contributed by atoms with Crippen LogP contribution in [-0.2, 0) is 6.42 Å². The third-order valence-electron chi connectivity index (χ3n) is 5.18. The minimum atomic E-state index is -0.171. The predicted octanol–water partition coefficient (Wildman–Crippen LogP) is 2.88. The number of hydrogen-bond donors (Lipinski definition) is 2. The van der Waals surface area contributed by atoms with Crippen molar-refractivity contribution >= 4 is 5.91 Å². The van der Waals surface area contributed by atoms with Gasteiger partial charge >= 0.3 is 0 Å². The molecule has 2 aliphatic rings. The fraction of sp³-hybridized carbons (Fsp3) is 0.238. The highest BCUT2D eigenvalue weighted by molar-refractivity contribution is 5.94. The first kappa shape index (κ1) is 16.7. The van der Waals surface area contributed by atoms with Gasteiger partial charge in [-0.3, -0.25) is 4.79 Å². The Hall–Kier alpha value is -3.48. The van der Waals surface area contributed by atoms with Crippen LogP contribution in [0.25, 0.3) is 11.4 Å². The molecule has 2 N–H and O–H groups in total. The largest absolute Gasteiger partial charge is 0.496 e. The first-order valence-corrected chi connectivity index (χ1v) is 9.13. The van der Waals surface area contributed by atoms with Gasteiger partial charge in [-0.25, -0.2) is 4.98 Å². The summed E-state index contributed by atoms with van der Waals surface area (Å²) in [5.41, 5.74) is 3.17. The summed E-state index contributed by atoms with van der Waals surface area (Å²) in [4.78, 5) is 20.5. The molecule has 0 aliphatic carbocycles. The molecule has 0 spiro atoms. The van der Waals surface area contributed by atoms with E-state index in [-0.39, 0.29) is 18.6 Å². The third-order valence-corrected chi connectivity index (χ3v) is 5.18. The summed E-state index contributed by atoms with van der Waals surface area (Å²) < 4.78 is 16.3. The van der Waals surface area contributed by atoms with Crippen molar-refractivity contribution in [1.29, 1.82) is 0 Å². The highest BCUT2D eigenvalue weighted by Crippen LogP contribution is 2.36. The van der Waals surface area contributed by atoms with Gasteiger partial charge in [0.15, 0.2) is 11.5 Å². The van der Waals surface area contributed by atoms with Crippen LogP contribution < -0.4 is 19.5 Å². The lowest BCUT2D eigenvalue weighted by Crippen LogP contribution is -2.26. The Bertz CT molecular complexity index is 1060. The second-order valence-corrected chi connectivity index (χ2v) is 6.83. The van der Waals surface area contributed by atoms with E-state index in [1.54, 1.807) is 7.11 Å². The average Bonchev–Trinajstić information content (AvgIpc) is 3.34. The van der Waals surface area contributed by atoms with Gasteiger partial charge in [0.2, 0.25) is 6.79 Å². The van der Waals surface area contributed by atoms with Crippen molar-refractivity contribution in [1.82, 2.24) is 15.3 Å². The lowest BCUT2D eigenvalue weighted by molar-refractivity contribution is 0.0950. The molecule has 5 rings (SSSR count). The van der Waals surface area contributed by atoms with E-state index in [0.29, 0.717) is 36.0 Å². The molecular formula is C21H19N3O4. The molecule has 1 amide bonds. The molecule has 7 nitrogen and oxygen atoms in total. The molecule has 0 radical (unpaired) electrons. The second kappa shape index (κ2) is 6.60. The molecule has 1 aromatic heterocycles. The number of rotatable bonds is 3. The SMILES string of the molecule is COc1ccccc1C1CNC(=O)c2nc(-c3ccc4c(c3)OCO4)[nH]c2C1. The Balaban J connectivity index is 1.51. The lowest BCUT2D eigenvalue weighted by Gasteiger charge is -2.17. The molecule has 0 fully saturated rings. The molecule has 3 aromatic rings. The number of carbonyl (C=O) groups excluding carboxylic acids is 1. The van der Waals surface area contributed by atoms with Gasteiger partial charge in [-0.05, 0) is 36.2 Å². The smallest absolute Gasteiger partial charge is 0.271 e. The van der Waals surface area contributed by atoms with Crippen LogP contribution in [0, 0.1) is 0 Å². The van der Waals surface area contributed by atoms with E-state index in [9.17, 15) is 4.79 Å². The van der Waals surface area contributed by atoms with Crippen molar-refractivity contribution in [2.75, 3.05) is 20.4 Å². The van der Waals surface area contributed by atoms with Crippen LogP contribution >= 0.6 is 0 Å². The highest BCUT2D eigenvalue weighted by Gasteiger charge is 2.28. The fourth-order valence-corrected chi connectivity index (χ4v) is 3.77. The summed E-state index contributed by atoms with van der Waals surface area (Å²) in [6.07, 6.45) is 0.659. The number of aromatic nitrogens is 2. The normalized spacial score (nSPS) is 17.6. The fourth-order valence-electron chi connectivity index (χ4n) is 3.77. The number of para-hydroxylation sites is 1. The number of fused-ring (bicyclic) bond motifs is 2. The maximum absolute atomic E-state index is 12.6. The van der Waals surface area contributed by atoms with Crippen molar-refractivity contribution in [3.8, 4) is 28.6 Å². The molecule has 2 aromatic carbocycles. The molecule has 28 heavy (non-hydrogen) atoms.